The van der Waals surface area contributed by atoms with Gasteiger partial charge in [0.25, 0.3) is 5.91 Å². The number of benzene rings is 2. The average Bonchev–Trinajstić information content (AvgIpc) is 3.19. The fourth-order valence-electron chi connectivity index (χ4n) is 3.06. The lowest BCUT2D eigenvalue weighted by molar-refractivity contribution is 0.0959. The third-order valence-corrected chi connectivity index (χ3v) is 4.49. The maximum Gasteiger partial charge on any atom is 0.254 e. The number of carbonyl (C=O) groups excluding carboxylic acids is 1. The van der Waals surface area contributed by atoms with Gasteiger partial charge in [0.15, 0.2) is 0 Å². The molecule has 0 aliphatic carbocycles. The number of fused-ring (bicyclic) bond motifs is 1. The molecule has 0 atom stereocenters. The van der Waals surface area contributed by atoms with Gasteiger partial charge >= 0.3 is 0 Å². The maximum absolute atomic E-state index is 12.3. The molecule has 2 aromatic carbocycles. The zero-order chi connectivity index (χ0) is 20.8. The van der Waals surface area contributed by atoms with Crippen LogP contribution in [0.1, 0.15) is 21.7 Å². The highest BCUT2D eigenvalue weighted by Gasteiger charge is 2.11. The van der Waals surface area contributed by atoms with Gasteiger partial charge in [-0.15, -0.1) is 6.42 Å². The molecule has 0 bridgehead atoms. The molecule has 1 amide bonds. The summed E-state index contributed by atoms with van der Waals surface area (Å²) in [6.45, 7) is 0.183. The fraction of sp³-hybridized carbons (Fsp3) is 0.0417. The van der Waals surface area contributed by atoms with Crippen LogP contribution in [0.2, 0.25) is 0 Å². The summed E-state index contributed by atoms with van der Waals surface area (Å²) < 4.78 is 0. The van der Waals surface area contributed by atoms with Crippen LogP contribution in [0.3, 0.4) is 0 Å². The number of aromatic nitrogens is 3. The van der Waals surface area contributed by atoms with Crippen LogP contribution in [-0.4, -0.2) is 27.6 Å². The predicted molar refractivity (Wildman–Crippen MR) is 120 cm³/mol. The van der Waals surface area contributed by atoms with Crippen molar-refractivity contribution in [2.75, 3.05) is 11.9 Å². The molecule has 0 spiro atoms. The number of carbonyl (C=O) groups is 1. The lowest BCUT2D eigenvalue weighted by atomic mass is 10.1. The molecule has 4 rings (SSSR count). The first-order valence-corrected chi connectivity index (χ1v) is 9.39. The van der Waals surface area contributed by atoms with Crippen molar-refractivity contribution in [1.82, 2.24) is 20.5 Å². The van der Waals surface area contributed by atoms with Gasteiger partial charge in [-0.1, -0.05) is 24.1 Å². The van der Waals surface area contributed by atoms with E-state index in [1.54, 1.807) is 12.3 Å². The summed E-state index contributed by atoms with van der Waals surface area (Å²) in [6, 6.07) is 18.9. The zero-order valence-electron chi connectivity index (χ0n) is 16.1. The Morgan fingerprint density at radius 2 is 1.97 bits per heavy atom. The minimum absolute atomic E-state index is 0.183. The van der Waals surface area contributed by atoms with Crippen molar-refractivity contribution in [2.24, 2.45) is 0 Å². The van der Waals surface area contributed by atoms with E-state index >= 15 is 0 Å². The van der Waals surface area contributed by atoms with E-state index in [9.17, 15) is 4.79 Å². The second-order valence-electron chi connectivity index (χ2n) is 6.51. The average molecular weight is 393 g/mol. The molecule has 6 nitrogen and oxygen atoms in total. The SMILES string of the molecule is C#CCNC(=O)c1ccccc1Nc1ccc2c(C=Cc3ccccn3)n[nH]c2c1. The van der Waals surface area contributed by atoms with Crippen molar-refractivity contribution in [3.05, 3.63) is 83.8 Å². The van der Waals surface area contributed by atoms with Crippen LogP contribution in [0.25, 0.3) is 23.1 Å². The van der Waals surface area contributed by atoms with Crippen molar-refractivity contribution in [3.8, 4) is 12.3 Å². The van der Waals surface area contributed by atoms with Crippen molar-refractivity contribution < 1.29 is 4.79 Å². The Bertz CT molecular complexity index is 1250. The van der Waals surface area contributed by atoms with E-state index in [2.05, 4.69) is 31.7 Å². The van der Waals surface area contributed by atoms with Crippen molar-refractivity contribution >= 4 is 40.3 Å². The van der Waals surface area contributed by atoms with Gasteiger partial charge in [0.1, 0.15) is 0 Å². The molecular formula is C24H19N5O. The van der Waals surface area contributed by atoms with Gasteiger partial charge in [-0.2, -0.15) is 5.10 Å². The number of amides is 1. The summed E-state index contributed by atoms with van der Waals surface area (Å²) in [4.78, 5) is 16.6. The lowest BCUT2D eigenvalue weighted by Crippen LogP contribution is -2.24. The number of aromatic amines is 1. The Labute approximate surface area is 174 Å². The Kier molecular flexibility index (Phi) is 5.54. The number of anilines is 2. The highest BCUT2D eigenvalue weighted by molar-refractivity contribution is 6.00. The third kappa shape index (κ3) is 4.21. The molecule has 0 fully saturated rings. The number of nitrogens with one attached hydrogen (secondary N) is 3. The summed E-state index contributed by atoms with van der Waals surface area (Å²) >= 11 is 0. The van der Waals surface area contributed by atoms with E-state index in [4.69, 9.17) is 6.42 Å². The fourth-order valence-corrected chi connectivity index (χ4v) is 3.06. The molecule has 6 heteroatoms. The maximum atomic E-state index is 12.3. The molecule has 0 aliphatic heterocycles. The smallest absolute Gasteiger partial charge is 0.254 e. The number of pyridine rings is 1. The Hall–Kier alpha value is -4.37. The van der Waals surface area contributed by atoms with Gasteiger partial charge < -0.3 is 10.6 Å². The van der Waals surface area contributed by atoms with E-state index in [0.29, 0.717) is 11.3 Å². The molecule has 0 saturated heterocycles. The van der Waals surface area contributed by atoms with E-state index in [0.717, 1.165) is 28.0 Å². The number of H-pyrrole nitrogens is 1. The van der Waals surface area contributed by atoms with Gasteiger partial charge in [-0.25, -0.2) is 0 Å². The van der Waals surface area contributed by atoms with Gasteiger partial charge in [-0.3, -0.25) is 14.9 Å². The van der Waals surface area contributed by atoms with Crippen molar-refractivity contribution in [2.45, 2.75) is 0 Å². The molecule has 146 valence electrons. The topological polar surface area (TPSA) is 82.7 Å². The summed E-state index contributed by atoms with van der Waals surface area (Å²) in [6.07, 6.45) is 10.8. The van der Waals surface area contributed by atoms with Crippen LogP contribution in [-0.2, 0) is 0 Å². The van der Waals surface area contributed by atoms with E-state index in [-0.39, 0.29) is 12.5 Å². The summed E-state index contributed by atoms with van der Waals surface area (Å²) in [7, 11) is 0. The second kappa shape index (κ2) is 8.76. The van der Waals surface area contributed by atoms with Crippen LogP contribution in [0.4, 0.5) is 11.4 Å². The normalized spacial score (nSPS) is 10.8. The highest BCUT2D eigenvalue weighted by atomic mass is 16.1. The van der Waals surface area contributed by atoms with Crippen LogP contribution < -0.4 is 10.6 Å². The minimum Gasteiger partial charge on any atom is -0.355 e. The number of hydrogen-bond donors (Lipinski definition) is 3. The largest absolute Gasteiger partial charge is 0.355 e. The van der Waals surface area contributed by atoms with Gasteiger partial charge in [0.05, 0.1) is 34.7 Å². The van der Waals surface area contributed by atoms with Crippen LogP contribution in [0.15, 0.2) is 66.9 Å². The van der Waals surface area contributed by atoms with Gasteiger partial charge in [0, 0.05) is 17.3 Å². The first-order chi connectivity index (χ1) is 14.7. The molecule has 30 heavy (non-hydrogen) atoms. The summed E-state index contributed by atoms with van der Waals surface area (Å²) in [5.41, 5.74) is 4.64. The van der Waals surface area contributed by atoms with E-state index in [1.807, 2.05) is 66.7 Å². The van der Waals surface area contributed by atoms with Crippen molar-refractivity contribution in [1.29, 1.82) is 0 Å². The Balaban J connectivity index is 1.57. The minimum atomic E-state index is -0.222. The quantitative estimate of drug-likeness (QED) is 0.428. The molecule has 2 aromatic heterocycles. The van der Waals surface area contributed by atoms with E-state index < -0.39 is 0 Å². The zero-order valence-corrected chi connectivity index (χ0v) is 16.1. The number of nitrogens with zero attached hydrogens (tertiary/aromatic N) is 2. The monoisotopic (exact) mass is 393 g/mol. The first kappa shape index (κ1) is 19.0. The summed E-state index contributed by atoms with van der Waals surface area (Å²) in [5.74, 6) is 2.19. The molecule has 0 aliphatic rings. The van der Waals surface area contributed by atoms with Crippen LogP contribution in [0.5, 0.6) is 0 Å². The number of terminal acetylenes is 1. The molecule has 0 unspecified atom stereocenters. The third-order valence-electron chi connectivity index (χ3n) is 4.49. The van der Waals surface area contributed by atoms with Crippen LogP contribution >= 0.6 is 0 Å². The molecular weight excluding hydrogens is 374 g/mol. The summed E-state index contributed by atoms with van der Waals surface area (Å²) in [5, 5.41) is 14.4. The lowest BCUT2D eigenvalue weighted by Gasteiger charge is -2.11. The molecule has 0 radical (unpaired) electrons. The first-order valence-electron chi connectivity index (χ1n) is 9.39. The Morgan fingerprint density at radius 1 is 1.10 bits per heavy atom. The van der Waals surface area contributed by atoms with Gasteiger partial charge in [-0.05, 0) is 54.6 Å². The van der Waals surface area contributed by atoms with Gasteiger partial charge in [0.2, 0.25) is 0 Å². The number of rotatable bonds is 6. The molecule has 0 saturated carbocycles. The molecule has 4 aromatic rings. The molecule has 3 N–H and O–H groups in total. The molecule has 2 heterocycles. The second-order valence-corrected chi connectivity index (χ2v) is 6.51. The van der Waals surface area contributed by atoms with Crippen LogP contribution in [0, 0.1) is 12.3 Å². The number of hydrogen-bond acceptors (Lipinski definition) is 4. The van der Waals surface area contributed by atoms with Crippen molar-refractivity contribution in [3.63, 3.8) is 0 Å². The Morgan fingerprint density at radius 3 is 2.80 bits per heavy atom. The standard InChI is InChI=1S/C24H19N5O/c1-2-14-26-24(30)20-8-3-4-9-21(20)27-18-10-12-19-22(28-29-23(19)16-18)13-11-17-7-5-6-15-25-17/h1,3-13,15-16,27H,14H2,(H,26,30)(H,28,29). The highest BCUT2D eigenvalue weighted by Crippen LogP contribution is 2.25. The van der Waals surface area contributed by atoms with E-state index in [1.165, 1.54) is 0 Å². The predicted octanol–water partition coefficient (Wildman–Crippen LogP) is 4.23. The number of para-hydroxylation sites is 1.